The quantitative estimate of drug-likeness (QED) is 0.0332. The smallest absolute Gasteiger partial charge is 0.220 e. The Kier molecular flexibility index (Phi) is 39.3. The molecule has 7 atom stereocenters. The summed E-state index contributed by atoms with van der Waals surface area (Å²) in [6.45, 7) is 3.87. The van der Waals surface area contributed by atoms with Crippen LogP contribution in [0.4, 0.5) is 0 Å². The molecule has 1 rings (SSSR count). The molecule has 352 valence electrons. The normalized spacial score (nSPS) is 20.6. The van der Waals surface area contributed by atoms with Gasteiger partial charge in [0.05, 0.1) is 25.4 Å². The van der Waals surface area contributed by atoms with Gasteiger partial charge in [-0.3, -0.25) is 4.79 Å². The van der Waals surface area contributed by atoms with Gasteiger partial charge in [-0.05, 0) is 12.8 Å². The summed E-state index contributed by atoms with van der Waals surface area (Å²) in [5, 5.41) is 54.5. The summed E-state index contributed by atoms with van der Waals surface area (Å²) in [5.41, 5.74) is 0. The van der Waals surface area contributed by atoms with Crippen LogP contribution in [0.3, 0.4) is 0 Å². The molecule has 0 spiro atoms. The maximum atomic E-state index is 13.0. The van der Waals surface area contributed by atoms with Crippen molar-refractivity contribution in [2.45, 2.75) is 301 Å². The molecule has 6 N–H and O–H groups in total. The Morgan fingerprint density at radius 3 is 1.20 bits per heavy atom. The fourth-order valence-electron chi connectivity index (χ4n) is 8.58. The number of rotatable bonds is 44. The SMILES string of the molecule is CCCCCCCCCCCCCCCCCCCCCC(=O)N[C@@H](CO[C@H]1O[C@@H](CO)[C@H](O)C(O)C1O)[C@H](O)CCCCCCCCCCCCCCCCCCC. The summed E-state index contributed by atoms with van der Waals surface area (Å²) in [7, 11) is 0. The van der Waals surface area contributed by atoms with Crippen molar-refractivity contribution in [1.82, 2.24) is 5.32 Å². The van der Waals surface area contributed by atoms with E-state index in [1.165, 1.54) is 193 Å². The Morgan fingerprint density at radius 2 is 0.847 bits per heavy atom. The summed E-state index contributed by atoms with van der Waals surface area (Å²) in [5.74, 6) is -0.138. The van der Waals surface area contributed by atoms with Crippen molar-refractivity contribution in [3.8, 4) is 0 Å². The van der Waals surface area contributed by atoms with Crippen LogP contribution in [-0.2, 0) is 14.3 Å². The average molecular weight is 842 g/mol. The molecule has 0 aromatic rings. The van der Waals surface area contributed by atoms with Crippen molar-refractivity contribution in [2.24, 2.45) is 0 Å². The molecular formula is C50H99NO8. The third kappa shape index (κ3) is 31.6. The first kappa shape index (κ1) is 56.2. The van der Waals surface area contributed by atoms with Crippen molar-refractivity contribution in [3.05, 3.63) is 0 Å². The van der Waals surface area contributed by atoms with Crippen molar-refractivity contribution in [3.63, 3.8) is 0 Å². The van der Waals surface area contributed by atoms with Gasteiger partial charge in [0, 0.05) is 6.42 Å². The largest absolute Gasteiger partial charge is 0.394 e. The second-order valence-corrected chi connectivity index (χ2v) is 18.3. The summed E-state index contributed by atoms with van der Waals surface area (Å²) in [6, 6.07) is -0.712. The van der Waals surface area contributed by atoms with E-state index in [0.29, 0.717) is 12.8 Å². The number of unbranched alkanes of at least 4 members (excludes halogenated alkanes) is 34. The molecular weight excluding hydrogens is 743 g/mol. The Labute approximate surface area is 364 Å². The number of aliphatic hydroxyl groups excluding tert-OH is 5. The van der Waals surface area contributed by atoms with Gasteiger partial charge in [-0.15, -0.1) is 0 Å². The first-order valence-electron chi connectivity index (χ1n) is 25.7. The molecule has 0 aromatic heterocycles. The predicted molar refractivity (Wildman–Crippen MR) is 244 cm³/mol. The van der Waals surface area contributed by atoms with Crippen LogP contribution in [0.2, 0.25) is 0 Å². The standard InChI is InChI=1S/C50H99NO8/c1-3-5-7-9-11-13-15-17-19-21-22-24-26-28-30-32-34-36-38-40-46(54)51-43(42-58-50-49(57)48(56)47(55)45(41-52)59-50)44(53)39-37-35-33-31-29-27-25-23-20-18-16-14-12-10-8-6-4-2/h43-45,47-50,52-53,55-57H,3-42H2,1-2H3,(H,51,54)/t43-,44+,45-,47-,48?,49?,50-/m0/s1. The third-order valence-corrected chi connectivity index (χ3v) is 12.7. The molecule has 9 heteroatoms. The van der Waals surface area contributed by atoms with Crippen LogP contribution in [0.25, 0.3) is 0 Å². The molecule has 9 nitrogen and oxygen atoms in total. The Morgan fingerprint density at radius 1 is 0.508 bits per heavy atom. The number of amides is 1. The predicted octanol–water partition coefficient (Wildman–Crippen LogP) is 11.5. The van der Waals surface area contributed by atoms with Crippen molar-refractivity contribution in [2.75, 3.05) is 13.2 Å². The number of nitrogens with one attached hydrogen (secondary N) is 1. The number of ether oxygens (including phenoxy) is 2. The zero-order valence-corrected chi connectivity index (χ0v) is 38.8. The average Bonchev–Trinajstić information content (AvgIpc) is 3.23. The van der Waals surface area contributed by atoms with Crippen LogP contribution in [0, 0.1) is 0 Å². The van der Waals surface area contributed by atoms with Gasteiger partial charge < -0.3 is 40.3 Å². The Balaban J connectivity index is 2.25. The molecule has 1 saturated heterocycles. The van der Waals surface area contributed by atoms with Crippen molar-refractivity contribution >= 4 is 5.91 Å². The molecule has 1 aliphatic rings. The number of carbonyl (C=O) groups is 1. The Bertz CT molecular complexity index is 893. The van der Waals surface area contributed by atoms with Crippen LogP contribution in [0.15, 0.2) is 0 Å². The van der Waals surface area contributed by atoms with Gasteiger partial charge >= 0.3 is 0 Å². The van der Waals surface area contributed by atoms with Crippen molar-refractivity contribution in [1.29, 1.82) is 0 Å². The zero-order chi connectivity index (χ0) is 43.0. The number of carbonyl (C=O) groups excluding carboxylic acids is 1. The zero-order valence-electron chi connectivity index (χ0n) is 38.8. The molecule has 0 saturated carbocycles. The van der Waals surface area contributed by atoms with E-state index < -0.39 is 49.5 Å². The molecule has 0 aliphatic carbocycles. The topological polar surface area (TPSA) is 149 Å². The first-order valence-corrected chi connectivity index (χ1v) is 25.7. The van der Waals surface area contributed by atoms with Gasteiger partial charge in [0.2, 0.25) is 5.91 Å². The lowest BCUT2D eigenvalue weighted by atomic mass is 9.99. The molecule has 0 aromatic carbocycles. The number of hydrogen-bond acceptors (Lipinski definition) is 8. The first-order chi connectivity index (χ1) is 28.8. The second kappa shape index (κ2) is 41.2. The molecule has 0 radical (unpaired) electrons. The van der Waals surface area contributed by atoms with Crippen LogP contribution in [0.1, 0.15) is 258 Å². The fourth-order valence-corrected chi connectivity index (χ4v) is 8.58. The van der Waals surface area contributed by atoms with Gasteiger partial charge in [-0.2, -0.15) is 0 Å². The molecule has 1 amide bonds. The van der Waals surface area contributed by atoms with Crippen LogP contribution >= 0.6 is 0 Å². The molecule has 0 bridgehead atoms. The van der Waals surface area contributed by atoms with E-state index in [1.807, 2.05) is 0 Å². The minimum atomic E-state index is -1.55. The molecule has 1 fully saturated rings. The van der Waals surface area contributed by atoms with E-state index in [0.717, 1.165) is 38.5 Å². The summed E-state index contributed by atoms with van der Waals surface area (Å²) in [4.78, 5) is 13.0. The van der Waals surface area contributed by atoms with Gasteiger partial charge in [-0.25, -0.2) is 0 Å². The minimum Gasteiger partial charge on any atom is -0.394 e. The minimum absolute atomic E-state index is 0.131. The highest BCUT2D eigenvalue weighted by atomic mass is 16.7. The van der Waals surface area contributed by atoms with E-state index in [9.17, 15) is 30.3 Å². The molecule has 1 heterocycles. The maximum Gasteiger partial charge on any atom is 0.220 e. The van der Waals surface area contributed by atoms with Gasteiger partial charge in [0.15, 0.2) is 6.29 Å². The third-order valence-electron chi connectivity index (χ3n) is 12.7. The second-order valence-electron chi connectivity index (χ2n) is 18.3. The lowest BCUT2D eigenvalue weighted by Gasteiger charge is -2.40. The van der Waals surface area contributed by atoms with E-state index in [1.54, 1.807) is 0 Å². The van der Waals surface area contributed by atoms with Crippen LogP contribution in [0.5, 0.6) is 0 Å². The van der Waals surface area contributed by atoms with Crippen LogP contribution in [-0.4, -0.2) is 87.5 Å². The van der Waals surface area contributed by atoms with Gasteiger partial charge in [0.1, 0.15) is 24.4 Å². The van der Waals surface area contributed by atoms with Crippen LogP contribution < -0.4 is 5.32 Å². The van der Waals surface area contributed by atoms with E-state index in [4.69, 9.17) is 9.47 Å². The Hall–Kier alpha value is -0.810. The monoisotopic (exact) mass is 842 g/mol. The number of aliphatic hydroxyl groups is 5. The molecule has 2 unspecified atom stereocenters. The van der Waals surface area contributed by atoms with Crippen molar-refractivity contribution < 1.29 is 39.8 Å². The highest BCUT2D eigenvalue weighted by Crippen LogP contribution is 2.23. The van der Waals surface area contributed by atoms with E-state index in [-0.39, 0.29) is 12.5 Å². The van der Waals surface area contributed by atoms with Gasteiger partial charge in [0.25, 0.3) is 0 Å². The number of hydrogen-bond donors (Lipinski definition) is 6. The molecule has 59 heavy (non-hydrogen) atoms. The summed E-state index contributed by atoms with van der Waals surface area (Å²) < 4.78 is 11.3. The fraction of sp³-hybridized carbons (Fsp3) is 0.980. The maximum absolute atomic E-state index is 13.0. The van der Waals surface area contributed by atoms with Gasteiger partial charge in [-0.1, -0.05) is 239 Å². The van der Waals surface area contributed by atoms with E-state index in [2.05, 4.69) is 19.2 Å². The molecule has 1 aliphatic heterocycles. The summed E-state index contributed by atoms with van der Waals surface area (Å²) in [6.07, 6.45) is 39.7. The highest BCUT2D eigenvalue weighted by molar-refractivity contribution is 5.76. The summed E-state index contributed by atoms with van der Waals surface area (Å²) >= 11 is 0. The lowest BCUT2D eigenvalue weighted by molar-refractivity contribution is -0.302. The highest BCUT2D eigenvalue weighted by Gasteiger charge is 2.44. The lowest BCUT2D eigenvalue weighted by Crippen LogP contribution is -2.60. The van der Waals surface area contributed by atoms with E-state index >= 15 is 0 Å².